The van der Waals surface area contributed by atoms with E-state index >= 15 is 0 Å². The topological polar surface area (TPSA) is 121 Å². The Kier molecular flexibility index (Phi) is 11.1. The van der Waals surface area contributed by atoms with Gasteiger partial charge in [0.1, 0.15) is 5.82 Å². The molecular formula is C41H32BrN5O4. The Labute approximate surface area is 303 Å². The molecule has 0 saturated heterocycles. The Morgan fingerprint density at radius 1 is 0.608 bits per heavy atom. The van der Waals surface area contributed by atoms with Crippen LogP contribution in [0, 0.1) is 0 Å². The molecule has 0 radical (unpaired) electrons. The molecule has 0 unspecified atom stereocenters. The summed E-state index contributed by atoms with van der Waals surface area (Å²) in [5.74, 6) is 1.25. The molecule has 2 N–H and O–H groups in total. The highest BCUT2D eigenvalue weighted by Crippen LogP contribution is 2.34. The number of pyridine rings is 2. The largest absolute Gasteiger partial charge is 0.339 e. The number of nitrogens with zero attached hydrogens (tertiary/aromatic N) is 3. The minimum absolute atomic E-state index is 0.0441. The van der Waals surface area contributed by atoms with Crippen molar-refractivity contribution < 1.29 is 19.2 Å². The van der Waals surface area contributed by atoms with Gasteiger partial charge in [0.2, 0.25) is 0 Å². The minimum atomic E-state index is -0.223. The summed E-state index contributed by atoms with van der Waals surface area (Å²) in [5.41, 5.74) is 5.65. The first-order valence-electron chi connectivity index (χ1n) is 16.1. The lowest BCUT2D eigenvalue weighted by molar-refractivity contribution is 0.0938. The fraction of sp³-hybridized carbons (Fsp3) is 0.0732. The van der Waals surface area contributed by atoms with Crippen LogP contribution in [0.1, 0.15) is 47.0 Å². The van der Waals surface area contributed by atoms with Gasteiger partial charge in [-0.2, -0.15) is 0 Å². The second-order valence-electron chi connectivity index (χ2n) is 11.4. The maximum atomic E-state index is 13.1. The van der Waals surface area contributed by atoms with E-state index in [0.29, 0.717) is 40.1 Å². The number of benzene rings is 4. The number of carbonyl (C=O) groups is 4. The van der Waals surface area contributed by atoms with Gasteiger partial charge < -0.3 is 10.6 Å². The van der Waals surface area contributed by atoms with Crippen molar-refractivity contribution in [2.75, 3.05) is 27.4 Å². The van der Waals surface area contributed by atoms with E-state index in [-0.39, 0.29) is 29.8 Å². The van der Waals surface area contributed by atoms with Crippen LogP contribution in [0.2, 0.25) is 0 Å². The third-order valence-corrected chi connectivity index (χ3v) is 8.58. The summed E-state index contributed by atoms with van der Waals surface area (Å²) < 4.78 is 0. The number of alkyl halides is 1. The predicted molar refractivity (Wildman–Crippen MR) is 203 cm³/mol. The van der Waals surface area contributed by atoms with Crippen LogP contribution in [-0.2, 0) is 6.42 Å². The molecule has 4 heterocycles. The van der Waals surface area contributed by atoms with E-state index in [2.05, 4.69) is 36.5 Å². The van der Waals surface area contributed by atoms with Crippen molar-refractivity contribution in [2.24, 2.45) is 0 Å². The summed E-state index contributed by atoms with van der Waals surface area (Å²) in [6, 6.07) is 40.3. The molecule has 6 aromatic rings. The monoisotopic (exact) mass is 737 g/mol. The number of ketones is 3. The van der Waals surface area contributed by atoms with E-state index < -0.39 is 0 Å². The number of halogens is 1. The fourth-order valence-electron chi connectivity index (χ4n) is 5.51. The number of hydrogen-bond donors (Lipinski definition) is 2. The number of amides is 1. The molecule has 0 spiro atoms. The van der Waals surface area contributed by atoms with Gasteiger partial charge in [-0.15, -0.1) is 0 Å². The first-order chi connectivity index (χ1) is 24.9. The normalized spacial score (nSPS) is 12.2. The van der Waals surface area contributed by atoms with E-state index in [0.717, 1.165) is 28.2 Å². The molecule has 9 nitrogen and oxygen atoms in total. The van der Waals surface area contributed by atoms with Gasteiger partial charge in [0.05, 0.1) is 34.5 Å². The summed E-state index contributed by atoms with van der Waals surface area (Å²) in [4.78, 5) is 58.8. The minimum Gasteiger partial charge on any atom is -0.339 e. The van der Waals surface area contributed by atoms with Gasteiger partial charge in [0.15, 0.2) is 23.2 Å². The predicted octanol–water partition coefficient (Wildman–Crippen LogP) is 8.50. The lowest BCUT2D eigenvalue weighted by Gasteiger charge is -2.21. The third-order valence-electron chi connectivity index (χ3n) is 8.07. The van der Waals surface area contributed by atoms with E-state index in [1.54, 1.807) is 48.8 Å². The van der Waals surface area contributed by atoms with E-state index in [1.165, 1.54) is 4.90 Å². The van der Waals surface area contributed by atoms with Crippen LogP contribution in [0.3, 0.4) is 0 Å². The SMILES string of the molecule is O=C(CBr)c1ccccc1.O=C(CN1C(=O)c2ccccc2Nc2ncccc21)c1ccccc1.O=C1Cc2cccnc2Nc2ccccc21. The molecule has 8 rings (SSSR count). The van der Waals surface area contributed by atoms with Gasteiger partial charge in [-0.05, 0) is 42.5 Å². The van der Waals surface area contributed by atoms with Crippen LogP contribution in [0.25, 0.3) is 0 Å². The Morgan fingerprint density at radius 3 is 1.80 bits per heavy atom. The van der Waals surface area contributed by atoms with Gasteiger partial charge in [0, 0.05) is 41.1 Å². The van der Waals surface area contributed by atoms with E-state index in [4.69, 9.17) is 0 Å². The standard InChI is InChI=1S/C20H15N3O2.C13H10N2O.C8H7BrO/c24-18(14-7-2-1-3-8-14)13-23-17-11-6-12-21-19(17)22-16-10-5-4-9-15(16)20(23)25;16-12-8-9-4-3-7-14-13(9)15-11-6-2-1-5-10(11)12;9-6-8(10)7-4-2-1-3-5-7/h1-12H,13H2,(H,21,22);1-7H,8H2,(H,14,15);1-5H,6H2. The third kappa shape index (κ3) is 8.31. The van der Waals surface area contributed by atoms with Crippen molar-refractivity contribution in [2.45, 2.75) is 6.42 Å². The summed E-state index contributed by atoms with van der Waals surface area (Å²) in [5, 5.41) is 6.79. The molecule has 0 fully saturated rings. The average Bonchev–Trinajstić information content (AvgIpc) is 3.40. The first kappa shape index (κ1) is 34.6. The zero-order chi connectivity index (χ0) is 35.6. The van der Waals surface area contributed by atoms with Gasteiger partial charge in [0.25, 0.3) is 5.91 Å². The van der Waals surface area contributed by atoms with Crippen LogP contribution in [-0.4, -0.2) is 45.1 Å². The molecule has 0 aliphatic carbocycles. The smallest absolute Gasteiger partial charge is 0.260 e. The van der Waals surface area contributed by atoms with Gasteiger partial charge in [-0.1, -0.05) is 107 Å². The van der Waals surface area contributed by atoms with Crippen LogP contribution >= 0.6 is 15.9 Å². The van der Waals surface area contributed by atoms with Crippen LogP contribution in [0.4, 0.5) is 28.7 Å². The summed E-state index contributed by atoms with van der Waals surface area (Å²) in [7, 11) is 0. The second-order valence-corrected chi connectivity index (χ2v) is 12.0. The van der Waals surface area contributed by atoms with Crippen molar-refractivity contribution in [1.82, 2.24) is 9.97 Å². The van der Waals surface area contributed by atoms with Crippen LogP contribution in [0.15, 0.2) is 146 Å². The number of anilines is 5. The van der Waals surface area contributed by atoms with Crippen LogP contribution in [0.5, 0.6) is 0 Å². The maximum absolute atomic E-state index is 13.1. The Bertz CT molecular complexity index is 2190. The van der Waals surface area contributed by atoms with E-state index in [9.17, 15) is 19.2 Å². The van der Waals surface area contributed by atoms with Crippen molar-refractivity contribution >= 4 is 67.9 Å². The van der Waals surface area contributed by atoms with Crippen molar-refractivity contribution in [1.29, 1.82) is 0 Å². The molecule has 0 bridgehead atoms. The number of carbonyl (C=O) groups excluding carboxylic acids is 4. The molecule has 2 aliphatic rings. The Hall–Kier alpha value is -6.26. The number of hydrogen-bond acceptors (Lipinski definition) is 8. The molecule has 4 aromatic carbocycles. The second kappa shape index (κ2) is 16.4. The summed E-state index contributed by atoms with van der Waals surface area (Å²) in [6.07, 6.45) is 3.79. The molecular weight excluding hydrogens is 706 g/mol. The number of rotatable bonds is 5. The van der Waals surface area contributed by atoms with Gasteiger partial charge >= 0.3 is 0 Å². The van der Waals surface area contributed by atoms with Gasteiger partial charge in [-0.3, -0.25) is 24.1 Å². The molecule has 10 heteroatoms. The molecule has 1 amide bonds. The maximum Gasteiger partial charge on any atom is 0.260 e. The molecule has 0 saturated carbocycles. The quantitative estimate of drug-likeness (QED) is 0.134. The molecule has 51 heavy (non-hydrogen) atoms. The lowest BCUT2D eigenvalue weighted by Crippen LogP contribution is -2.35. The Morgan fingerprint density at radius 2 is 1.14 bits per heavy atom. The summed E-state index contributed by atoms with van der Waals surface area (Å²) in [6.45, 7) is -0.0441. The first-order valence-corrected chi connectivity index (χ1v) is 17.2. The Balaban J connectivity index is 0.000000147. The number of fused-ring (bicyclic) bond motifs is 4. The molecule has 0 atom stereocenters. The molecule has 2 aromatic heterocycles. The fourth-order valence-corrected chi connectivity index (χ4v) is 5.84. The average molecular weight is 739 g/mol. The number of para-hydroxylation sites is 2. The van der Waals surface area contributed by atoms with E-state index in [1.807, 2.05) is 97.1 Å². The van der Waals surface area contributed by atoms with Crippen molar-refractivity contribution in [3.05, 3.63) is 174 Å². The summed E-state index contributed by atoms with van der Waals surface area (Å²) >= 11 is 3.10. The van der Waals surface area contributed by atoms with Gasteiger partial charge in [-0.25, -0.2) is 9.97 Å². The number of aromatic nitrogens is 2. The van der Waals surface area contributed by atoms with Crippen molar-refractivity contribution in [3.63, 3.8) is 0 Å². The molecule has 2 aliphatic heterocycles. The highest BCUT2D eigenvalue weighted by molar-refractivity contribution is 9.09. The highest BCUT2D eigenvalue weighted by Gasteiger charge is 2.29. The van der Waals surface area contributed by atoms with Crippen LogP contribution < -0.4 is 15.5 Å². The zero-order valence-electron chi connectivity index (χ0n) is 27.3. The molecule has 252 valence electrons. The lowest BCUT2D eigenvalue weighted by atomic mass is 10.0. The zero-order valence-corrected chi connectivity index (χ0v) is 28.9. The van der Waals surface area contributed by atoms with Crippen molar-refractivity contribution in [3.8, 4) is 0 Å². The number of nitrogens with one attached hydrogen (secondary N) is 2. The highest BCUT2D eigenvalue weighted by atomic mass is 79.9. The number of Topliss-reactive ketones (excluding diaryl/α,β-unsaturated/α-hetero) is 3.